The second kappa shape index (κ2) is 21.7. The summed E-state index contributed by atoms with van der Waals surface area (Å²) >= 11 is 0. The number of amides is 2. The Kier molecular flexibility index (Phi) is 25.2. The van der Waals surface area contributed by atoms with Gasteiger partial charge in [-0.1, -0.05) is 75.1 Å². The van der Waals surface area contributed by atoms with Gasteiger partial charge in [-0.15, -0.1) is 0 Å². The fourth-order valence-electron chi connectivity index (χ4n) is 2.71. The molecule has 1 heterocycles. The first kappa shape index (κ1) is 38.2. The molecule has 0 radical (unpaired) electrons. The van der Waals surface area contributed by atoms with Gasteiger partial charge in [-0.25, -0.2) is 0 Å². The maximum absolute atomic E-state index is 11.0. The number of benzene rings is 1. The molecular weight excluding hydrogens is 416 g/mol. The van der Waals surface area contributed by atoms with Gasteiger partial charge < -0.3 is 19.3 Å². The number of morpholine rings is 1. The molecule has 1 aliphatic heterocycles. The maximum atomic E-state index is 11.0. The highest BCUT2D eigenvalue weighted by Crippen LogP contribution is 2.24. The summed E-state index contributed by atoms with van der Waals surface area (Å²) < 4.78 is 10.3. The van der Waals surface area contributed by atoms with E-state index in [0.717, 1.165) is 18.8 Å². The monoisotopic (exact) mass is 470 g/mol. The van der Waals surface area contributed by atoms with Gasteiger partial charge in [0.25, 0.3) is 0 Å². The van der Waals surface area contributed by atoms with Crippen LogP contribution < -0.4 is 4.74 Å². The normalized spacial score (nSPS) is 11.9. The summed E-state index contributed by atoms with van der Waals surface area (Å²) in [6.45, 7) is 13.2. The summed E-state index contributed by atoms with van der Waals surface area (Å²) in [4.78, 5) is 25.4. The van der Waals surface area contributed by atoms with Gasteiger partial charge >= 0.3 is 0 Å². The van der Waals surface area contributed by atoms with Crippen molar-refractivity contribution >= 4 is 11.8 Å². The molecular formula is C27H54N2O4. The van der Waals surface area contributed by atoms with Crippen LogP contribution in [0.3, 0.4) is 0 Å². The molecule has 33 heavy (non-hydrogen) atoms. The lowest BCUT2D eigenvalue weighted by Gasteiger charge is -2.26. The van der Waals surface area contributed by atoms with Crippen LogP contribution in [0.5, 0.6) is 5.75 Å². The number of hydrogen-bond donors (Lipinski definition) is 0. The Labute approximate surface area is 205 Å². The predicted octanol–water partition coefficient (Wildman–Crippen LogP) is 6.10. The third kappa shape index (κ3) is 17.1. The minimum Gasteiger partial charge on any atom is -0.496 e. The molecule has 2 rings (SSSR count). The van der Waals surface area contributed by atoms with Crippen molar-refractivity contribution in [2.75, 3.05) is 47.5 Å². The summed E-state index contributed by atoms with van der Waals surface area (Å²) in [5.74, 6) is 2.45. The lowest BCUT2D eigenvalue weighted by Crippen LogP contribution is -2.40. The number of carbonyl (C=O) groups excluding carboxylic acids is 2. The van der Waals surface area contributed by atoms with Crippen molar-refractivity contribution in [2.45, 2.75) is 75.7 Å². The topological polar surface area (TPSA) is 59.1 Å². The highest BCUT2D eigenvalue weighted by atomic mass is 16.5. The Morgan fingerprint density at radius 2 is 1.55 bits per heavy atom. The standard InChI is InChI=1S/C10H14O.C7H13NO2.C7H15NO.3CH4/c1-8(2)9-6-4-5-7-10(9)11-3;1-2-7(9)8-3-5-10-6-4-8;1-6(2)5-7(9)8(3)4;;;/h4-8H,1-3H3;2-6H2,1H3;6H,5H2,1-4H3;3*1H4. The molecule has 1 saturated heterocycles. The van der Waals surface area contributed by atoms with Gasteiger partial charge in [-0.05, 0) is 23.5 Å². The smallest absolute Gasteiger partial charge is 0.222 e. The largest absolute Gasteiger partial charge is 0.496 e. The molecule has 1 aromatic carbocycles. The molecule has 6 heteroatoms. The van der Waals surface area contributed by atoms with Gasteiger partial charge in [0.05, 0.1) is 20.3 Å². The molecule has 0 atom stereocenters. The van der Waals surface area contributed by atoms with E-state index < -0.39 is 0 Å². The molecule has 0 bridgehead atoms. The van der Waals surface area contributed by atoms with Crippen molar-refractivity contribution in [3.05, 3.63) is 29.8 Å². The first-order chi connectivity index (χ1) is 14.1. The molecule has 0 N–H and O–H groups in total. The van der Waals surface area contributed by atoms with Gasteiger partial charge in [0.15, 0.2) is 0 Å². The Balaban J connectivity index is -0.000000184. The van der Waals surface area contributed by atoms with E-state index >= 15 is 0 Å². The Hall–Kier alpha value is -2.08. The van der Waals surface area contributed by atoms with Gasteiger partial charge in [-0.3, -0.25) is 9.59 Å². The van der Waals surface area contributed by atoms with E-state index in [9.17, 15) is 9.59 Å². The van der Waals surface area contributed by atoms with Crippen molar-refractivity contribution in [1.82, 2.24) is 9.80 Å². The van der Waals surface area contributed by atoms with E-state index in [0.29, 0.717) is 37.9 Å². The zero-order valence-corrected chi connectivity index (χ0v) is 20.2. The van der Waals surface area contributed by atoms with Crippen molar-refractivity contribution < 1.29 is 19.1 Å². The second-order valence-corrected chi connectivity index (χ2v) is 8.13. The van der Waals surface area contributed by atoms with Crippen LogP contribution in [-0.2, 0) is 14.3 Å². The third-order valence-electron chi connectivity index (χ3n) is 4.51. The van der Waals surface area contributed by atoms with Crippen LogP contribution in [0.15, 0.2) is 24.3 Å². The zero-order chi connectivity index (χ0) is 23.1. The van der Waals surface area contributed by atoms with Crippen LogP contribution in [0.25, 0.3) is 0 Å². The summed E-state index contributed by atoms with van der Waals surface area (Å²) in [7, 11) is 5.27. The molecule has 2 amide bonds. The van der Waals surface area contributed by atoms with Crippen LogP contribution in [0.2, 0.25) is 0 Å². The molecule has 0 unspecified atom stereocenters. The lowest BCUT2D eigenvalue weighted by atomic mass is 10.0. The summed E-state index contributed by atoms with van der Waals surface area (Å²) in [5, 5.41) is 0. The average Bonchev–Trinajstić information content (AvgIpc) is 2.74. The summed E-state index contributed by atoms with van der Waals surface area (Å²) in [5.41, 5.74) is 1.27. The van der Waals surface area contributed by atoms with Crippen molar-refractivity contribution in [3.63, 3.8) is 0 Å². The molecule has 0 aromatic heterocycles. The Morgan fingerprint density at radius 1 is 1.03 bits per heavy atom. The fourth-order valence-corrected chi connectivity index (χ4v) is 2.71. The number of para-hydroxylation sites is 1. The first-order valence-corrected chi connectivity index (χ1v) is 10.8. The minimum absolute atomic E-state index is 0. The molecule has 196 valence electrons. The van der Waals surface area contributed by atoms with Gasteiger partial charge in [-0.2, -0.15) is 0 Å². The number of methoxy groups -OCH3 is 1. The molecule has 0 spiro atoms. The molecule has 1 fully saturated rings. The molecule has 1 aromatic rings. The van der Waals surface area contributed by atoms with Crippen molar-refractivity contribution in [2.24, 2.45) is 5.92 Å². The van der Waals surface area contributed by atoms with E-state index in [1.54, 1.807) is 26.1 Å². The number of nitrogens with zero attached hydrogens (tertiary/aromatic N) is 2. The number of rotatable bonds is 5. The first-order valence-electron chi connectivity index (χ1n) is 10.8. The van der Waals surface area contributed by atoms with Crippen LogP contribution >= 0.6 is 0 Å². The highest BCUT2D eigenvalue weighted by Gasteiger charge is 2.13. The minimum atomic E-state index is 0. The Bertz CT molecular complexity index is 610. The van der Waals surface area contributed by atoms with Crippen LogP contribution in [0, 0.1) is 5.92 Å². The predicted molar refractivity (Wildman–Crippen MR) is 143 cm³/mol. The van der Waals surface area contributed by atoms with E-state index in [-0.39, 0.29) is 34.1 Å². The van der Waals surface area contributed by atoms with Gasteiger partial charge in [0.2, 0.25) is 11.8 Å². The van der Waals surface area contributed by atoms with E-state index in [1.807, 2.05) is 43.9 Å². The number of ether oxygens (including phenoxy) is 2. The van der Waals surface area contributed by atoms with E-state index in [4.69, 9.17) is 9.47 Å². The SMILES string of the molecule is C.C.C.CC(C)CC(=O)N(C)C.CCC(=O)N1CCOCC1.COc1ccccc1C(C)C. The van der Waals surface area contributed by atoms with E-state index in [2.05, 4.69) is 19.9 Å². The van der Waals surface area contributed by atoms with Crippen molar-refractivity contribution in [3.8, 4) is 5.75 Å². The van der Waals surface area contributed by atoms with E-state index in [1.165, 1.54) is 5.56 Å². The molecule has 0 aliphatic carbocycles. The second-order valence-electron chi connectivity index (χ2n) is 8.13. The molecule has 0 saturated carbocycles. The third-order valence-corrected chi connectivity index (χ3v) is 4.51. The van der Waals surface area contributed by atoms with Crippen molar-refractivity contribution in [1.29, 1.82) is 0 Å². The average molecular weight is 471 g/mol. The summed E-state index contributed by atoms with van der Waals surface area (Å²) in [6.07, 6.45) is 1.27. The summed E-state index contributed by atoms with van der Waals surface area (Å²) in [6, 6.07) is 8.13. The molecule has 6 nitrogen and oxygen atoms in total. The quantitative estimate of drug-likeness (QED) is 0.521. The van der Waals surface area contributed by atoms with Gasteiger partial charge in [0, 0.05) is 40.0 Å². The van der Waals surface area contributed by atoms with Crippen LogP contribution in [0.4, 0.5) is 0 Å². The van der Waals surface area contributed by atoms with Crippen LogP contribution in [0.1, 0.15) is 81.2 Å². The number of carbonyl (C=O) groups is 2. The van der Waals surface area contributed by atoms with Crippen LogP contribution in [-0.4, -0.2) is 69.1 Å². The van der Waals surface area contributed by atoms with Gasteiger partial charge in [0.1, 0.15) is 5.75 Å². The maximum Gasteiger partial charge on any atom is 0.222 e. The fraction of sp³-hybridized carbons (Fsp3) is 0.704. The zero-order valence-electron chi connectivity index (χ0n) is 20.2. The molecule has 1 aliphatic rings. The lowest BCUT2D eigenvalue weighted by molar-refractivity contribution is -0.134. The number of hydrogen-bond acceptors (Lipinski definition) is 4. The Morgan fingerprint density at radius 3 is 1.88 bits per heavy atom. The highest BCUT2D eigenvalue weighted by molar-refractivity contribution is 5.76.